The number of ether oxygens (including phenoxy) is 1. The van der Waals surface area contributed by atoms with E-state index in [1.165, 1.54) is 12.1 Å². The molecular weight excluding hydrogens is 486 g/mol. The average Bonchev–Trinajstić information content (AvgIpc) is 3.42. The molecule has 5 nitrogen and oxygen atoms in total. The lowest BCUT2D eigenvalue weighted by atomic mass is 9.82. The first-order valence-corrected chi connectivity index (χ1v) is 12.4. The Kier molecular flexibility index (Phi) is 6.49. The van der Waals surface area contributed by atoms with Gasteiger partial charge in [-0.25, -0.2) is 8.78 Å². The van der Waals surface area contributed by atoms with Crippen molar-refractivity contribution in [3.05, 3.63) is 86.9 Å². The van der Waals surface area contributed by atoms with Crippen molar-refractivity contribution in [3.63, 3.8) is 0 Å². The van der Waals surface area contributed by atoms with Gasteiger partial charge in [0.15, 0.2) is 0 Å². The number of hydrogen-bond donors (Lipinski definition) is 3. The van der Waals surface area contributed by atoms with Crippen LogP contribution in [0.4, 0.5) is 8.78 Å². The molecular formula is C28H27ClF2N2O3. The molecule has 3 aromatic carbocycles. The van der Waals surface area contributed by atoms with Gasteiger partial charge in [0.05, 0.1) is 16.7 Å². The van der Waals surface area contributed by atoms with Crippen LogP contribution in [-0.2, 0) is 18.4 Å². The molecule has 0 saturated heterocycles. The zero-order valence-corrected chi connectivity index (χ0v) is 20.4. The highest BCUT2D eigenvalue weighted by atomic mass is 35.5. The number of amides is 1. The smallest absolute Gasteiger partial charge is 0.249 e. The molecule has 2 aliphatic rings. The molecule has 1 aliphatic carbocycles. The number of halogens is 3. The molecule has 1 heterocycles. The monoisotopic (exact) mass is 512 g/mol. The number of hydrogen-bond acceptors (Lipinski definition) is 4. The van der Waals surface area contributed by atoms with Crippen LogP contribution in [-0.4, -0.2) is 17.6 Å². The summed E-state index contributed by atoms with van der Waals surface area (Å²) < 4.78 is 37.7. The molecule has 0 bridgehead atoms. The van der Waals surface area contributed by atoms with Gasteiger partial charge >= 0.3 is 0 Å². The molecule has 188 valence electrons. The highest BCUT2D eigenvalue weighted by molar-refractivity contribution is 6.34. The lowest BCUT2D eigenvalue weighted by Gasteiger charge is -2.29. The number of fused-ring (bicyclic) bond motifs is 2. The van der Waals surface area contributed by atoms with E-state index in [1.54, 1.807) is 0 Å². The fourth-order valence-electron chi connectivity index (χ4n) is 5.60. The first-order chi connectivity index (χ1) is 17.3. The molecule has 0 aromatic heterocycles. The molecule has 0 saturated carbocycles. The van der Waals surface area contributed by atoms with E-state index >= 15 is 8.78 Å². The maximum atomic E-state index is 16.1. The Balaban J connectivity index is 1.74. The number of benzene rings is 3. The molecule has 8 heteroatoms. The summed E-state index contributed by atoms with van der Waals surface area (Å²) in [6.07, 6.45) is 2.11. The molecule has 1 amide bonds. The largest absolute Gasteiger partial charge is 0.482 e. The minimum Gasteiger partial charge on any atom is -0.482 e. The summed E-state index contributed by atoms with van der Waals surface area (Å²) in [5, 5.41) is 10.1. The maximum absolute atomic E-state index is 16.1. The van der Waals surface area contributed by atoms with Gasteiger partial charge in [0.2, 0.25) is 5.91 Å². The number of aliphatic hydroxyl groups is 1. The Morgan fingerprint density at radius 2 is 1.92 bits per heavy atom. The molecule has 1 aliphatic heterocycles. The minimum atomic E-state index is -1.03. The zero-order valence-electron chi connectivity index (χ0n) is 19.6. The van der Waals surface area contributed by atoms with Crippen molar-refractivity contribution >= 4 is 17.5 Å². The van der Waals surface area contributed by atoms with E-state index in [0.29, 0.717) is 36.9 Å². The summed E-state index contributed by atoms with van der Waals surface area (Å²) in [6, 6.07) is 12.3. The summed E-state index contributed by atoms with van der Waals surface area (Å²) >= 11 is 6.48. The molecule has 36 heavy (non-hydrogen) atoms. The fraction of sp³-hybridized carbons (Fsp3) is 0.321. The Morgan fingerprint density at radius 1 is 1.17 bits per heavy atom. The van der Waals surface area contributed by atoms with Gasteiger partial charge in [0, 0.05) is 34.7 Å². The number of primary amides is 1. The molecule has 0 spiro atoms. The van der Waals surface area contributed by atoms with Gasteiger partial charge in [0.1, 0.15) is 23.0 Å². The van der Waals surface area contributed by atoms with E-state index < -0.39 is 29.2 Å². The van der Waals surface area contributed by atoms with E-state index in [4.69, 9.17) is 27.8 Å². The van der Waals surface area contributed by atoms with E-state index in [2.05, 4.69) is 0 Å². The second-order valence-corrected chi connectivity index (χ2v) is 9.89. The lowest BCUT2D eigenvalue weighted by Crippen LogP contribution is -2.31. The molecule has 2 unspecified atom stereocenters. The van der Waals surface area contributed by atoms with Crippen molar-refractivity contribution < 1.29 is 23.4 Å². The van der Waals surface area contributed by atoms with Gasteiger partial charge in [-0.05, 0) is 55.8 Å². The normalized spacial score (nSPS) is 20.2. The number of rotatable bonds is 7. The zero-order chi connectivity index (χ0) is 25.6. The van der Waals surface area contributed by atoms with Crippen molar-refractivity contribution in [2.45, 2.75) is 50.2 Å². The van der Waals surface area contributed by atoms with E-state index in [-0.39, 0.29) is 39.4 Å². The minimum absolute atomic E-state index is 0.0384. The Morgan fingerprint density at radius 3 is 2.61 bits per heavy atom. The standard InChI is InChI=1S/C28H27ClF2N2O3/c29-25-19(30)13-21-18(14-28(36-21,10-4-5-11-32)16-6-2-1-3-7-16)23(25)24-17(27(33)35)12-15-8-9-20(34)22(15)26(24)31/h1-3,6-7,12-13,20,34H,4-5,8-11,14,32H2,(H2,33,35). The fourth-order valence-corrected chi connectivity index (χ4v) is 5.87. The van der Waals surface area contributed by atoms with Gasteiger partial charge in [-0.2, -0.15) is 0 Å². The predicted molar refractivity (Wildman–Crippen MR) is 134 cm³/mol. The van der Waals surface area contributed by atoms with Crippen LogP contribution in [0.15, 0.2) is 42.5 Å². The molecule has 0 fully saturated rings. The number of aryl methyl sites for hydroxylation is 1. The summed E-state index contributed by atoms with van der Waals surface area (Å²) in [4.78, 5) is 12.5. The van der Waals surface area contributed by atoms with Crippen LogP contribution in [0.1, 0.15) is 64.4 Å². The predicted octanol–water partition coefficient (Wildman–Crippen LogP) is 5.32. The van der Waals surface area contributed by atoms with E-state index in [1.807, 2.05) is 30.3 Å². The van der Waals surface area contributed by atoms with Crippen molar-refractivity contribution in [1.29, 1.82) is 0 Å². The SMILES string of the molecule is NCCCCC1(c2ccccc2)Cc2c(cc(F)c(Cl)c2-c2c(C(N)=O)cc3c(c2F)C(O)CC3)O1. The summed E-state index contributed by atoms with van der Waals surface area (Å²) in [7, 11) is 0. The number of unbranched alkanes of at least 4 members (excludes halogenated alkanes) is 1. The van der Waals surface area contributed by atoms with Crippen LogP contribution >= 0.6 is 11.6 Å². The number of carbonyl (C=O) groups excluding carboxylic acids is 1. The van der Waals surface area contributed by atoms with Gasteiger partial charge in [-0.15, -0.1) is 0 Å². The van der Waals surface area contributed by atoms with Crippen molar-refractivity contribution in [2.75, 3.05) is 6.54 Å². The third-order valence-electron chi connectivity index (χ3n) is 7.31. The number of aliphatic hydroxyl groups excluding tert-OH is 1. The van der Waals surface area contributed by atoms with E-state index in [9.17, 15) is 9.90 Å². The molecule has 5 N–H and O–H groups in total. The first-order valence-electron chi connectivity index (χ1n) is 12.1. The van der Waals surface area contributed by atoms with Crippen LogP contribution in [0, 0.1) is 11.6 Å². The van der Waals surface area contributed by atoms with Gasteiger partial charge in [-0.3, -0.25) is 4.79 Å². The highest BCUT2D eigenvalue weighted by Crippen LogP contribution is 2.52. The Labute approximate surface area is 213 Å². The summed E-state index contributed by atoms with van der Waals surface area (Å²) in [6.45, 7) is 0.522. The first kappa shape index (κ1) is 24.7. The third-order valence-corrected chi connectivity index (χ3v) is 7.68. The molecule has 3 aromatic rings. The van der Waals surface area contributed by atoms with E-state index in [0.717, 1.165) is 18.4 Å². The van der Waals surface area contributed by atoms with Crippen LogP contribution in [0.25, 0.3) is 11.1 Å². The third kappa shape index (κ3) is 3.95. The van der Waals surface area contributed by atoms with Gasteiger partial charge < -0.3 is 21.3 Å². The van der Waals surface area contributed by atoms with Crippen LogP contribution < -0.4 is 16.2 Å². The Hall–Kier alpha value is -3.00. The summed E-state index contributed by atoms with van der Waals surface area (Å²) in [5.74, 6) is -2.23. The molecule has 0 radical (unpaired) electrons. The Bertz CT molecular complexity index is 1350. The highest BCUT2D eigenvalue weighted by Gasteiger charge is 2.44. The van der Waals surface area contributed by atoms with Gasteiger partial charge in [-0.1, -0.05) is 41.9 Å². The van der Waals surface area contributed by atoms with Crippen LogP contribution in [0.5, 0.6) is 5.75 Å². The van der Waals surface area contributed by atoms with Crippen LogP contribution in [0.2, 0.25) is 5.02 Å². The molecule has 2 atom stereocenters. The quantitative estimate of drug-likeness (QED) is 0.373. The number of nitrogens with two attached hydrogens (primary N) is 2. The second kappa shape index (κ2) is 9.47. The van der Waals surface area contributed by atoms with Crippen LogP contribution in [0.3, 0.4) is 0 Å². The van der Waals surface area contributed by atoms with Gasteiger partial charge in [0.25, 0.3) is 0 Å². The number of carbonyl (C=O) groups is 1. The van der Waals surface area contributed by atoms with Crippen molar-refractivity contribution in [2.24, 2.45) is 11.5 Å². The second-order valence-electron chi connectivity index (χ2n) is 9.51. The summed E-state index contributed by atoms with van der Waals surface area (Å²) in [5.41, 5.74) is 12.3. The van der Waals surface area contributed by atoms with Crippen molar-refractivity contribution in [3.8, 4) is 16.9 Å². The topological polar surface area (TPSA) is 98.6 Å². The lowest BCUT2D eigenvalue weighted by molar-refractivity contribution is 0.0793. The maximum Gasteiger partial charge on any atom is 0.249 e. The van der Waals surface area contributed by atoms with Crippen molar-refractivity contribution in [1.82, 2.24) is 0 Å². The average molecular weight is 513 g/mol. The molecule has 5 rings (SSSR count).